The summed E-state index contributed by atoms with van der Waals surface area (Å²) in [5.74, 6) is 1.38. The van der Waals surface area contributed by atoms with Crippen molar-refractivity contribution in [3.05, 3.63) is 18.0 Å². The molecule has 0 amide bonds. The van der Waals surface area contributed by atoms with E-state index in [1.165, 1.54) is 31.5 Å². The Morgan fingerprint density at radius 3 is 2.50 bits per heavy atom. The van der Waals surface area contributed by atoms with Crippen LogP contribution in [0.15, 0.2) is 12.4 Å². The number of aromatic nitrogens is 2. The zero-order chi connectivity index (χ0) is 11.4. The Kier molecular flexibility index (Phi) is 3.72. The van der Waals surface area contributed by atoms with Crippen molar-refractivity contribution in [3.8, 4) is 0 Å². The van der Waals surface area contributed by atoms with Gasteiger partial charge in [0.15, 0.2) is 0 Å². The predicted molar refractivity (Wildman–Crippen MR) is 65.7 cm³/mol. The summed E-state index contributed by atoms with van der Waals surface area (Å²) in [7, 11) is 2.18. The summed E-state index contributed by atoms with van der Waals surface area (Å²) >= 11 is 0. The molecule has 16 heavy (non-hydrogen) atoms. The van der Waals surface area contributed by atoms with Gasteiger partial charge in [-0.25, -0.2) is 9.97 Å². The fraction of sp³-hybridized carbons (Fsp3) is 0.667. The molecule has 0 radical (unpaired) electrons. The molecule has 0 atom stereocenters. The first-order valence-corrected chi connectivity index (χ1v) is 6.04. The summed E-state index contributed by atoms with van der Waals surface area (Å²) in [5.41, 5.74) is 1.29. The van der Waals surface area contributed by atoms with Gasteiger partial charge in [-0.3, -0.25) is 0 Å². The van der Waals surface area contributed by atoms with Crippen molar-refractivity contribution in [1.82, 2.24) is 14.9 Å². The van der Waals surface area contributed by atoms with E-state index in [-0.39, 0.29) is 0 Å². The highest BCUT2D eigenvalue weighted by atomic mass is 15.1. The summed E-state index contributed by atoms with van der Waals surface area (Å²) < 4.78 is 0. The average Bonchev–Trinajstić information content (AvgIpc) is 2.32. The molecule has 1 aromatic heterocycles. The van der Waals surface area contributed by atoms with Gasteiger partial charge in [0, 0.05) is 18.9 Å². The Labute approximate surface area is 97.1 Å². The maximum Gasteiger partial charge on any atom is 0.222 e. The van der Waals surface area contributed by atoms with Gasteiger partial charge in [-0.15, -0.1) is 0 Å². The van der Waals surface area contributed by atoms with Crippen LogP contribution >= 0.6 is 0 Å². The number of hydrogen-bond donors (Lipinski definition) is 1. The molecule has 0 unspecified atom stereocenters. The molecule has 88 valence electrons. The van der Waals surface area contributed by atoms with Gasteiger partial charge in [-0.1, -0.05) is 0 Å². The van der Waals surface area contributed by atoms with Crippen molar-refractivity contribution in [2.45, 2.75) is 25.7 Å². The molecule has 2 heterocycles. The minimum Gasteiger partial charge on any atom is -0.355 e. The quantitative estimate of drug-likeness (QED) is 0.842. The minimum atomic E-state index is 0.645. The summed E-state index contributed by atoms with van der Waals surface area (Å²) in [6.07, 6.45) is 6.39. The van der Waals surface area contributed by atoms with Crippen molar-refractivity contribution in [3.63, 3.8) is 0 Å². The number of nitrogens with one attached hydrogen (secondary N) is 1. The molecule has 4 heteroatoms. The van der Waals surface area contributed by atoms with E-state index in [2.05, 4.69) is 27.2 Å². The second kappa shape index (κ2) is 5.25. The second-order valence-corrected chi connectivity index (χ2v) is 4.45. The van der Waals surface area contributed by atoms with Crippen LogP contribution in [0.4, 0.5) is 5.95 Å². The summed E-state index contributed by atoms with van der Waals surface area (Å²) in [4.78, 5) is 11.0. The largest absolute Gasteiger partial charge is 0.355 e. The highest BCUT2D eigenvalue weighted by molar-refractivity contribution is 5.25. The SMILES string of the molecule is CCNc1ncc(C2CCN(C)CC2)cn1. The Hall–Kier alpha value is -1.16. The van der Waals surface area contributed by atoms with Gasteiger partial charge in [-0.05, 0) is 51.4 Å². The van der Waals surface area contributed by atoms with Crippen LogP contribution < -0.4 is 5.32 Å². The first kappa shape index (κ1) is 11.3. The first-order chi connectivity index (χ1) is 7.79. The van der Waals surface area contributed by atoms with Crippen LogP contribution in [-0.4, -0.2) is 41.5 Å². The van der Waals surface area contributed by atoms with Gasteiger partial charge in [0.25, 0.3) is 0 Å². The Bertz CT molecular complexity index is 314. The van der Waals surface area contributed by atoms with Gasteiger partial charge in [-0.2, -0.15) is 0 Å². The summed E-state index contributed by atoms with van der Waals surface area (Å²) in [5, 5.41) is 3.11. The molecule has 4 nitrogen and oxygen atoms in total. The van der Waals surface area contributed by atoms with Crippen molar-refractivity contribution >= 4 is 5.95 Å². The fourth-order valence-corrected chi connectivity index (χ4v) is 2.14. The molecule has 0 spiro atoms. The van der Waals surface area contributed by atoms with E-state index in [1.54, 1.807) is 0 Å². The zero-order valence-corrected chi connectivity index (χ0v) is 10.1. The van der Waals surface area contributed by atoms with Crippen molar-refractivity contribution in [2.75, 3.05) is 32.0 Å². The number of likely N-dealkylation sites (tertiary alicyclic amines) is 1. The second-order valence-electron chi connectivity index (χ2n) is 4.45. The lowest BCUT2D eigenvalue weighted by Gasteiger charge is -2.28. The van der Waals surface area contributed by atoms with Gasteiger partial charge in [0.1, 0.15) is 0 Å². The topological polar surface area (TPSA) is 41.1 Å². The van der Waals surface area contributed by atoms with Gasteiger partial charge in [0.05, 0.1) is 0 Å². The third-order valence-corrected chi connectivity index (χ3v) is 3.20. The van der Waals surface area contributed by atoms with Crippen LogP contribution in [0.5, 0.6) is 0 Å². The van der Waals surface area contributed by atoms with Crippen molar-refractivity contribution in [1.29, 1.82) is 0 Å². The van der Waals surface area contributed by atoms with E-state index in [1.807, 2.05) is 19.3 Å². The molecule has 1 fully saturated rings. The fourth-order valence-electron chi connectivity index (χ4n) is 2.14. The van der Waals surface area contributed by atoms with Crippen LogP contribution in [0.1, 0.15) is 31.2 Å². The molecule has 0 saturated carbocycles. The molecular weight excluding hydrogens is 200 g/mol. The summed E-state index contributed by atoms with van der Waals surface area (Å²) in [6.45, 7) is 5.28. The molecule has 0 aliphatic carbocycles. The molecule has 1 saturated heterocycles. The highest BCUT2D eigenvalue weighted by Crippen LogP contribution is 2.26. The Morgan fingerprint density at radius 2 is 1.94 bits per heavy atom. The molecule has 0 aromatic carbocycles. The Morgan fingerprint density at radius 1 is 1.31 bits per heavy atom. The predicted octanol–water partition coefficient (Wildman–Crippen LogP) is 1.72. The van der Waals surface area contributed by atoms with Crippen LogP contribution in [-0.2, 0) is 0 Å². The molecule has 1 aliphatic heterocycles. The van der Waals surface area contributed by atoms with Gasteiger partial charge < -0.3 is 10.2 Å². The zero-order valence-electron chi connectivity index (χ0n) is 10.1. The standard InChI is InChI=1S/C12H20N4/c1-3-13-12-14-8-11(9-15-12)10-4-6-16(2)7-5-10/h8-10H,3-7H2,1-2H3,(H,13,14,15). The third-order valence-electron chi connectivity index (χ3n) is 3.20. The van der Waals surface area contributed by atoms with E-state index in [4.69, 9.17) is 0 Å². The number of piperidine rings is 1. The number of hydrogen-bond acceptors (Lipinski definition) is 4. The molecular formula is C12H20N4. The van der Waals surface area contributed by atoms with Crippen LogP contribution in [0.3, 0.4) is 0 Å². The van der Waals surface area contributed by atoms with Crippen molar-refractivity contribution < 1.29 is 0 Å². The molecule has 0 bridgehead atoms. The van der Waals surface area contributed by atoms with E-state index >= 15 is 0 Å². The Balaban J connectivity index is 1.98. The van der Waals surface area contributed by atoms with E-state index in [0.717, 1.165) is 12.5 Å². The maximum atomic E-state index is 4.33. The average molecular weight is 220 g/mol. The molecule has 2 rings (SSSR count). The molecule has 1 aliphatic rings. The summed E-state index contributed by atoms with van der Waals surface area (Å²) in [6, 6.07) is 0. The molecule has 1 N–H and O–H groups in total. The lowest BCUT2D eigenvalue weighted by atomic mass is 9.92. The van der Waals surface area contributed by atoms with Crippen LogP contribution in [0, 0.1) is 0 Å². The maximum absolute atomic E-state index is 4.33. The normalized spacial score (nSPS) is 18.6. The van der Waals surface area contributed by atoms with Gasteiger partial charge in [0.2, 0.25) is 5.95 Å². The van der Waals surface area contributed by atoms with E-state index in [9.17, 15) is 0 Å². The molecule has 1 aromatic rings. The first-order valence-electron chi connectivity index (χ1n) is 6.04. The lowest BCUT2D eigenvalue weighted by molar-refractivity contribution is 0.255. The number of anilines is 1. The number of rotatable bonds is 3. The van der Waals surface area contributed by atoms with E-state index < -0.39 is 0 Å². The third kappa shape index (κ3) is 2.70. The van der Waals surface area contributed by atoms with Crippen LogP contribution in [0.25, 0.3) is 0 Å². The highest BCUT2D eigenvalue weighted by Gasteiger charge is 2.18. The van der Waals surface area contributed by atoms with Gasteiger partial charge >= 0.3 is 0 Å². The van der Waals surface area contributed by atoms with E-state index in [0.29, 0.717) is 5.92 Å². The lowest BCUT2D eigenvalue weighted by Crippen LogP contribution is -2.29. The number of nitrogens with zero attached hydrogens (tertiary/aromatic N) is 3. The smallest absolute Gasteiger partial charge is 0.222 e. The van der Waals surface area contributed by atoms with Crippen LogP contribution in [0.2, 0.25) is 0 Å². The monoisotopic (exact) mass is 220 g/mol. The van der Waals surface area contributed by atoms with Crippen molar-refractivity contribution in [2.24, 2.45) is 0 Å². The minimum absolute atomic E-state index is 0.645.